The molecule has 0 N–H and O–H groups in total. The first-order valence-electron chi connectivity index (χ1n) is 22.6. The fourth-order valence-electron chi connectivity index (χ4n) is 9.43. The largest absolute Gasteiger partial charge is 0.307 e. The van der Waals surface area contributed by atoms with E-state index in [1.165, 1.54) is 21.5 Å². The lowest BCUT2D eigenvalue weighted by atomic mass is 10.1. The lowest BCUT2D eigenvalue weighted by Crippen LogP contribution is -2.01. The van der Waals surface area contributed by atoms with Gasteiger partial charge < -0.3 is 9.13 Å². The fraction of sp³-hybridized carbons (Fsp3) is 0. The summed E-state index contributed by atoms with van der Waals surface area (Å²) in [6, 6.07) is 79.4. The second-order valence-electron chi connectivity index (χ2n) is 16.7. The van der Waals surface area contributed by atoms with Gasteiger partial charge in [-0.3, -0.25) is 0 Å². The zero-order valence-electron chi connectivity index (χ0n) is 36.5. The van der Waals surface area contributed by atoms with Crippen LogP contribution in [0, 0.1) is 0 Å². The summed E-state index contributed by atoms with van der Waals surface area (Å²) in [7, 11) is 0. The smallest absolute Gasteiger partial charge is 0.164 e. The van der Waals surface area contributed by atoms with Crippen molar-refractivity contribution in [2.45, 2.75) is 0 Å². The SMILES string of the molecule is c1ccc(-c2nc(-c3ccccc3)nc(-c3ccc(-n4c5ccccc5c5ccc6c7ccccc7n(-c7ccc(-c8nc(-c9ccccc9)nc(-c9ccccc9)n8)cc7)c6c54)cc3)n2)cc1. The molecule has 0 fully saturated rings. The quantitative estimate of drug-likeness (QED) is 0.151. The van der Waals surface area contributed by atoms with E-state index in [0.29, 0.717) is 34.9 Å². The first-order chi connectivity index (χ1) is 33.7. The summed E-state index contributed by atoms with van der Waals surface area (Å²) in [5.41, 5.74) is 12.1. The van der Waals surface area contributed by atoms with Gasteiger partial charge >= 0.3 is 0 Å². The molecule has 13 rings (SSSR count). The van der Waals surface area contributed by atoms with Crippen LogP contribution in [0.2, 0.25) is 0 Å². The summed E-state index contributed by atoms with van der Waals surface area (Å²) in [5.74, 6) is 3.75. The molecule has 13 aromatic rings. The topological polar surface area (TPSA) is 87.2 Å². The van der Waals surface area contributed by atoms with Crippen molar-refractivity contribution in [3.05, 3.63) is 231 Å². The molecule has 318 valence electrons. The lowest BCUT2D eigenvalue weighted by molar-refractivity contribution is 1.07. The van der Waals surface area contributed by atoms with Crippen molar-refractivity contribution in [2.75, 3.05) is 0 Å². The summed E-state index contributed by atoms with van der Waals surface area (Å²) in [6.45, 7) is 0. The highest BCUT2D eigenvalue weighted by Gasteiger charge is 2.22. The van der Waals surface area contributed by atoms with Gasteiger partial charge in [-0.25, -0.2) is 29.9 Å². The molecule has 8 heteroatoms. The van der Waals surface area contributed by atoms with Crippen LogP contribution in [0.15, 0.2) is 231 Å². The van der Waals surface area contributed by atoms with E-state index in [0.717, 1.165) is 66.8 Å². The first-order valence-corrected chi connectivity index (χ1v) is 22.6. The number of fused-ring (bicyclic) bond motifs is 7. The molecule has 0 atom stereocenters. The van der Waals surface area contributed by atoms with Gasteiger partial charge in [-0.15, -0.1) is 0 Å². The standard InChI is InChI=1S/C60H38N8/c1-5-17-39(18-6-1)55-61-56(40-19-7-2-8-20-40)64-59(63-55)43-29-33-45(34-30-43)67-51-27-15-13-25-47(51)49-37-38-50-48-26-14-16-28-52(48)68(54(50)53(49)67)46-35-31-44(32-36-46)60-65-57(41-21-9-3-10-22-41)62-58(66-60)42-23-11-4-12-24-42/h1-38H. The Labute approximate surface area is 391 Å². The van der Waals surface area contributed by atoms with E-state index in [1.807, 2.05) is 121 Å². The van der Waals surface area contributed by atoms with Gasteiger partial charge in [0.2, 0.25) is 0 Å². The van der Waals surface area contributed by atoms with Crippen molar-refractivity contribution in [3.63, 3.8) is 0 Å². The van der Waals surface area contributed by atoms with Gasteiger partial charge in [0.1, 0.15) is 0 Å². The van der Waals surface area contributed by atoms with Crippen molar-refractivity contribution in [1.29, 1.82) is 0 Å². The van der Waals surface area contributed by atoms with Crippen LogP contribution in [0.5, 0.6) is 0 Å². The summed E-state index contributed by atoms with van der Waals surface area (Å²) in [6.07, 6.45) is 0. The molecular formula is C60H38N8. The van der Waals surface area contributed by atoms with Gasteiger partial charge in [0.05, 0.1) is 22.1 Å². The van der Waals surface area contributed by atoms with Crippen molar-refractivity contribution in [3.8, 4) is 79.7 Å². The molecule has 68 heavy (non-hydrogen) atoms. The van der Waals surface area contributed by atoms with Crippen LogP contribution in [0.3, 0.4) is 0 Å². The molecule has 0 unspecified atom stereocenters. The van der Waals surface area contributed by atoms with Crippen LogP contribution >= 0.6 is 0 Å². The Kier molecular flexibility index (Phi) is 9.31. The van der Waals surface area contributed by atoms with Crippen LogP contribution in [-0.2, 0) is 0 Å². The highest BCUT2D eigenvalue weighted by molar-refractivity contribution is 6.23. The van der Waals surface area contributed by atoms with E-state index in [4.69, 9.17) is 29.9 Å². The summed E-state index contributed by atoms with van der Waals surface area (Å²) in [5, 5.41) is 4.69. The van der Waals surface area contributed by atoms with Crippen LogP contribution in [0.25, 0.3) is 123 Å². The van der Waals surface area contributed by atoms with E-state index in [2.05, 4.69) is 118 Å². The van der Waals surface area contributed by atoms with Crippen LogP contribution in [0.4, 0.5) is 0 Å². The van der Waals surface area contributed by atoms with E-state index >= 15 is 0 Å². The molecule has 8 nitrogen and oxygen atoms in total. The molecule has 0 amide bonds. The van der Waals surface area contributed by atoms with E-state index in [1.54, 1.807) is 0 Å². The van der Waals surface area contributed by atoms with Gasteiger partial charge in [0, 0.05) is 66.3 Å². The molecule has 0 saturated heterocycles. The number of hydrogen-bond donors (Lipinski definition) is 0. The molecule has 0 spiro atoms. The van der Waals surface area contributed by atoms with E-state index < -0.39 is 0 Å². The monoisotopic (exact) mass is 870 g/mol. The normalized spacial score (nSPS) is 11.5. The molecule has 0 bridgehead atoms. The molecule has 4 heterocycles. The van der Waals surface area contributed by atoms with E-state index in [-0.39, 0.29) is 0 Å². The molecule has 0 aliphatic rings. The van der Waals surface area contributed by atoms with Gasteiger partial charge in [-0.05, 0) is 60.7 Å². The second-order valence-corrected chi connectivity index (χ2v) is 16.7. The highest BCUT2D eigenvalue weighted by Crippen LogP contribution is 2.42. The predicted octanol–water partition coefficient (Wildman–Crippen LogP) is 14.3. The van der Waals surface area contributed by atoms with Gasteiger partial charge in [-0.2, -0.15) is 0 Å². The molecule has 0 radical (unpaired) electrons. The Morgan fingerprint density at radius 3 is 0.750 bits per heavy atom. The van der Waals surface area contributed by atoms with Crippen molar-refractivity contribution in [2.24, 2.45) is 0 Å². The Hall–Kier alpha value is -9.40. The van der Waals surface area contributed by atoms with Crippen molar-refractivity contribution in [1.82, 2.24) is 39.0 Å². The minimum absolute atomic E-state index is 0.613. The summed E-state index contributed by atoms with van der Waals surface area (Å²) in [4.78, 5) is 29.9. The molecule has 0 aliphatic heterocycles. The molecular weight excluding hydrogens is 833 g/mol. The number of rotatable bonds is 8. The number of hydrogen-bond acceptors (Lipinski definition) is 6. The van der Waals surface area contributed by atoms with Gasteiger partial charge in [0.15, 0.2) is 34.9 Å². The lowest BCUT2D eigenvalue weighted by Gasteiger charge is -2.14. The fourth-order valence-corrected chi connectivity index (χ4v) is 9.43. The van der Waals surface area contributed by atoms with Crippen LogP contribution in [-0.4, -0.2) is 39.0 Å². The minimum atomic E-state index is 0.613. The Morgan fingerprint density at radius 1 is 0.206 bits per heavy atom. The Morgan fingerprint density at radius 2 is 0.456 bits per heavy atom. The third-order valence-electron chi connectivity index (χ3n) is 12.6. The van der Waals surface area contributed by atoms with Gasteiger partial charge in [-0.1, -0.05) is 170 Å². The zero-order chi connectivity index (χ0) is 45.0. The summed E-state index contributed by atoms with van der Waals surface area (Å²) >= 11 is 0. The Bertz CT molecular complexity index is 3600. The second kappa shape index (κ2) is 16.2. The van der Waals surface area contributed by atoms with Gasteiger partial charge in [0.25, 0.3) is 0 Å². The molecule has 0 saturated carbocycles. The molecule has 4 aromatic heterocycles. The van der Waals surface area contributed by atoms with Crippen LogP contribution < -0.4 is 0 Å². The number of nitrogens with zero attached hydrogens (tertiary/aromatic N) is 8. The maximum Gasteiger partial charge on any atom is 0.164 e. The van der Waals surface area contributed by atoms with Crippen molar-refractivity contribution >= 4 is 43.6 Å². The average molecular weight is 871 g/mol. The first kappa shape index (κ1) is 39.0. The van der Waals surface area contributed by atoms with Crippen molar-refractivity contribution < 1.29 is 0 Å². The number of benzene rings is 9. The number of aromatic nitrogens is 8. The third kappa shape index (κ3) is 6.70. The molecule has 0 aliphatic carbocycles. The predicted molar refractivity (Wildman–Crippen MR) is 275 cm³/mol. The molecule has 9 aromatic carbocycles. The van der Waals surface area contributed by atoms with E-state index in [9.17, 15) is 0 Å². The Balaban J connectivity index is 0.972. The third-order valence-corrected chi connectivity index (χ3v) is 12.6. The zero-order valence-corrected chi connectivity index (χ0v) is 36.5. The average Bonchev–Trinajstić information content (AvgIpc) is 3.95. The highest BCUT2D eigenvalue weighted by atomic mass is 15.1. The number of para-hydroxylation sites is 2. The summed E-state index contributed by atoms with van der Waals surface area (Å²) < 4.78 is 4.81. The minimum Gasteiger partial charge on any atom is -0.307 e. The maximum atomic E-state index is 5.02. The maximum absolute atomic E-state index is 5.02. The van der Waals surface area contributed by atoms with Crippen LogP contribution in [0.1, 0.15) is 0 Å².